The largest absolute Gasteiger partial charge is 0.441 e. The summed E-state index contributed by atoms with van der Waals surface area (Å²) in [5.74, 6) is 2.18. The first-order valence-electron chi connectivity index (χ1n) is 1.80. The highest BCUT2D eigenvalue weighted by Gasteiger charge is 1.90. The van der Waals surface area contributed by atoms with Gasteiger partial charge in [0, 0.05) is 0 Å². The van der Waals surface area contributed by atoms with Gasteiger partial charge in [0.2, 0.25) is 0 Å². The Balaban J connectivity index is 3.21. The normalized spacial score (nSPS) is 11.4. The highest BCUT2D eigenvalue weighted by molar-refractivity contribution is 5.39. The zero-order chi connectivity index (χ0) is 5.70. The molecule has 1 atom stereocenters. The van der Waals surface area contributed by atoms with E-state index < -0.39 is 6.10 Å². The molecular weight excluding hydrogens is 92.1 g/mol. The first-order chi connectivity index (χ1) is 3.31. The molecule has 0 aliphatic rings. The molecule has 0 saturated carbocycles. The van der Waals surface area contributed by atoms with Crippen molar-refractivity contribution in [1.29, 1.82) is 0 Å². The van der Waals surface area contributed by atoms with Crippen LogP contribution in [0.25, 0.3) is 0 Å². The Morgan fingerprint density at radius 3 is 2.57 bits per heavy atom. The number of ether oxygens (including phenoxy) is 1. The summed E-state index contributed by atoms with van der Waals surface area (Å²) in [6, 6.07) is 0. The van der Waals surface area contributed by atoms with Crippen molar-refractivity contribution in [3.63, 3.8) is 0 Å². The Kier molecular flexibility index (Phi) is 2.78. The molecule has 1 radical (unpaired) electrons. The minimum Gasteiger partial charge on any atom is -0.441 e. The van der Waals surface area contributed by atoms with Crippen molar-refractivity contribution in [3.05, 3.63) is 0 Å². The molecule has 0 N–H and O–H groups in total. The molecule has 0 aromatic rings. The Labute approximate surface area is 42.5 Å². The van der Waals surface area contributed by atoms with Crippen LogP contribution in [0.4, 0.5) is 0 Å². The van der Waals surface area contributed by atoms with Gasteiger partial charge in [0.05, 0.1) is 0 Å². The minimum absolute atomic E-state index is 0.447. The second kappa shape index (κ2) is 3.23. The Hall–Kier alpha value is -0.970. The van der Waals surface area contributed by atoms with Gasteiger partial charge in [-0.2, -0.15) is 0 Å². The van der Waals surface area contributed by atoms with Crippen LogP contribution in [-0.2, 0) is 9.53 Å². The van der Waals surface area contributed by atoms with Gasteiger partial charge in [-0.3, -0.25) is 0 Å². The Bertz CT molecular complexity index is 90.7. The molecule has 0 aliphatic heterocycles. The lowest BCUT2D eigenvalue weighted by atomic mass is 10.4. The maximum atomic E-state index is 9.33. The lowest BCUT2D eigenvalue weighted by molar-refractivity contribution is 0.244. The van der Waals surface area contributed by atoms with Crippen molar-refractivity contribution >= 4 is 6.47 Å². The second-order valence-electron chi connectivity index (χ2n) is 1.01. The van der Waals surface area contributed by atoms with Gasteiger partial charge >= 0.3 is 6.47 Å². The summed E-state index contributed by atoms with van der Waals surface area (Å²) in [5, 5.41) is 0. The van der Waals surface area contributed by atoms with Gasteiger partial charge < -0.3 is 4.74 Å². The fraction of sp³-hybridized carbons (Fsp3) is 0.400. The van der Waals surface area contributed by atoms with Gasteiger partial charge in [0.15, 0.2) is 6.10 Å². The van der Waals surface area contributed by atoms with Crippen molar-refractivity contribution < 1.29 is 9.53 Å². The third-order valence-electron chi connectivity index (χ3n) is 0.460. The van der Waals surface area contributed by atoms with E-state index >= 15 is 0 Å². The average Bonchev–Trinajstić information content (AvgIpc) is 1.68. The lowest BCUT2D eigenvalue weighted by Crippen LogP contribution is -2.01. The maximum Gasteiger partial charge on any atom is 0.418 e. The molecule has 0 aromatic heterocycles. The van der Waals surface area contributed by atoms with E-state index in [9.17, 15) is 4.79 Å². The summed E-state index contributed by atoms with van der Waals surface area (Å²) in [4.78, 5) is 9.33. The summed E-state index contributed by atoms with van der Waals surface area (Å²) in [5.41, 5.74) is 0. The van der Waals surface area contributed by atoms with Gasteiger partial charge in [-0.15, -0.1) is 6.42 Å². The predicted molar refractivity (Wildman–Crippen MR) is 25.1 cm³/mol. The Morgan fingerprint density at radius 1 is 1.86 bits per heavy atom. The topological polar surface area (TPSA) is 26.3 Å². The maximum absolute atomic E-state index is 9.33. The van der Waals surface area contributed by atoms with Crippen molar-refractivity contribution in [2.75, 3.05) is 0 Å². The molecule has 0 spiro atoms. The standard InChI is InChI=1S/C5H5O2/c1-3-5(2)7-4-6/h1,5H,2H3. The molecule has 0 rings (SSSR count). The summed E-state index contributed by atoms with van der Waals surface area (Å²) >= 11 is 0. The molecule has 0 aliphatic carbocycles. The fourth-order valence-corrected chi connectivity index (χ4v) is 0.106. The van der Waals surface area contributed by atoms with E-state index in [0.29, 0.717) is 0 Å². The van der Waals surface area contributed by atoms with E-state index in [-0.39, 0.29) is 0 Å². The zero-order valence-electron chi connectivity index (χ0n) is 3.97. The molecule has 2 heteroatoms. The molecule has 37 valence electrons. The minimum atomic E-state index is -0.447. The van der Waals surface area contributed by atoms with Gasteiger partial charge in [0.25, 0.3) is 0 Å². The van der Waals surface area contributed by atoms with Gasteiger partial charge in [0.1, 0.15) is 0 Å². The van der Waals surface area contributed by atoms with Crippen LogP contribution in [-0.4, -0.2) is 12.6 Å². The van der Waals surface area contributed by atoms with Gasteiger partial charge in [-0.25, -0.2) is 4.79 Å². The van der Waals surface area contributed by atoms with E-state index in [4.69, 9.17) is 6.42 Å². The van der Waals surface area contributed by atoms with Crippen molar-refractivity contribution in [2.45, 2.75) is 13.0 Å². The first kappa shape index (κ1) is 6.03. The van der Waals surface area contributed by atoms with Gasteiger partial charge in [-0.05, 0) is 6.92 Å². The predicted octanol–water partition coefficient (Wildman–Crippen LogP) is 0.0919. The molecular formula is C5H5O2. The average molecular weight is 97.1 g/mol. The first-order valence-corrected chi connectivity index (χ1v) is 1.80. The molecule has 0 fully saturated rings. The fourth-order valence-electron chi connectivity index (χ4n) is 0.106. The molecule has 2 nitrogen and oxygen atoms in total. The van der Waals surface area contributed by atoms with Crippen molar-refractivity contribution in [1.82, 2.24) is 0 Å². The summed E-state index contributed by atoms with van der Waals surface area (Å²) in [6.45, 7) is 2.81. The zero-order valence-corrected chi connectivity index (χ0v) is 3.97. The van der Waals surface area contributed by atoms with Crippen LogP contribution in [0.3, 0.4) is 0 Å². The SMILES string of the molecule is C#CC(C)O[C]=O. The quantitative estimate of drug-likeness (QED) is 0.456. The molecule has 7 heavy (non-hydrogen) atoms. The lowest BCUT2D eigenvalue weighted by Gasteiger charge is -1.94. The summed E-state index contributed by atoms with van der Waals surface area (Å²) in [6.07, 6.45) is 4.36. The Morgan fingerprint density at radius 2 is 2.43 bits per heavy atom. The van der Waals surface area contributed by atoms with Crippen LogP contribution in [0.5, 0.6) is 0 Å². The second-order valence-corrected chi connectivity index (χ2v) is 1.01. The van der Waals surface area contributed by atoms with Crippen LogP contribution in [0.15, 0.2) is 0 Å². The van der Waals surface area contributed by atoms with Crippen molar-refractivity contribution in [3.8, 4) is 12.3 Å². The summed E-state index contributed by atoms with van der Waals surface area (Å²) in [7, 11) is 0. The number of carbonyl (C=O) groups excluding carboxylic acids is 1. The number of hydrogen-bond acceptors (Lipinski definition) is 2. The van der Waals surface area contributed by atoms with Crippen LogP contribution < -0.4 is 0 Å². The third kappa shape index (κ3) is 2.84. The molecule has 0 saturated heterocycles. The molecule has 0 heterocycles. The van der Waals surface area contributed by atoms with Crippen LogP contribution in [0, 0.1) is 12.3 Å². The van der Waals surface area contributed by atoms with Crippen LogP contribution >= 0.6 is 0 Å². The van der Waals surface area contributed by atoms with E-state index in [1.807, 2.05) is 0 Å². The molecule has 0 bridgehead atoms. The molecule has 0 aromatic carbocycles. The van der Waals surface area contributed by atoms with Crippen LogP contribution in [0.2, 0.25) is 0 Å². The van der Waals surface area contributed by atoms with E-state index in [1.54, 1.807) is 6.92 Å². The summed E-state index contributed by atoms with van der Waals surface area (Å²) < 4.78 is 4.15. The smallest absolute Gasteiger partial charge is 0.418 e. The number of rotatable bonds is 2. The van der Waals surface area contributed by atoms with E-state index in [0.717, 1.165) is 0 Å². The highest BCUT2D eigenvalue weighted by Crippen LogP contribution is 1.79. The number of terminal acetylenes is 1. The number of hydrogen-bond donors (Lipinski definition) is 0. The van der Waals surface area contributed by atoms with Crippen LogP contribution in [0.1, 0.15) is 6.92 Å². The van der Waals surface area contributed by atoms with Gasteiger partial charge in [-0.1, -0.05) is 5.92 Å². The molecule has 0 amide bonds. The van der Waals surface area contributed by atoms with E-state index in [2.05, 4.69) is 10.7 Å². The van der Waals surface area contributed by atoms with Crippen molar-refractivity contribution in [2.24, 2.45) is 0 Å². The molecule has 1 unspecified atom stereocenters. The van der Waals surface area contributed by atoms with E-state index in [1.165, 1.54) is 6.47 Å². The highest BCUT2D eigenvalue weighted by atomic mass is 16.5. The third-order valence-corrected chi connectivity index (χ3v) is 0.460. The monoisotopic (exact) mass is 97.0 g/mol.